The molecule has 2 aromatic carbocycles. The highest BCUT2D eigenvalue weighted by atomic mass is 16.5. The molecule has 1 atom stereocenters. The summed E-state index contributed by atoms with van der Waals surface area (Å²) in [6, 6.07) is 10.1. The van der Waals surface area contributed by atoms with Crippen molar-refractivity contribution in [2.45, 2.75) is 19.4 Å². The molecule has 0 aliphatic carbocycles. The molecule has 0 amide bonds. The highest BCUT2D eigenvalue weighted by molar-refractivity contribution is 6.12. The van der Waals surface area contributed by atoms with Gasteiger partial charge in [0.2, 0.25) is 0 Å². The fourth-order valence-electron chi connectivity index (χ4n) is 2.34. The summed E-state index contributed by atoms with van der Waals surface area (Å²) in [5.74, 6) is -0.977. The lowest BCUT2D eigenvalue weighted by Crippen LogP contribution is -2.20. The molecule has 6 heteroatoms. The van der Waals surface area contributed by atoms with Gasteiger partial charge in [-0.05, 0) is 37.3 Å². The maximum Gasteiger partial charge on any atom is 0.200 e. The lowest BCUT2D eigenvalue weighted by molar-refractivity contribution is -0.116. The van der Waals surface area contributed by atoms with E-state index in [2.05, 4.69) is 0 Å². The van der Waals surface area contributed by atoms with Crippen molar-refractivity contribution in [3.63, 3.8) is 0 Å². The zero-order valence-electron chi connectivity index (χ0n) is 14.3. The van der Waals surface area contributed by atoms with Crippen molar-refractivity contribution in [2.24, 2.45) is 0 Å². The smallest absolute Gasteiger partial charge is 0.200 e. The number of benzene rings is 2. The average Bonchev–Trinajstić information content (AvgIpc) is 2.60. The van der Waals surface area contributed by atoms with Crippen molar-refractivity contribution in [3.05, 3.63) is 65.7 Å². The van der Waals surface area contributed by atoms with Gasteiger partial charge in [-0.3, -0.25) is 9.59 Å². The van der Waals surface area contributed by atoms with E-state index in [9.17, 15) is 24.9 Å². The van der Waals surface area contributed by atoms with Gasteiger partial charge in [-0.2, -0.15) is 0 Å². The van der Waals surface area contributed by atoms with Crippen LogP contribution in [-0.2, 0) is 4.79 Å². The van der Waals surface area contributed by atoms with Crippen LogP contribution in [0.4, 0.5) is 0 Å². The number of carbonyl (C=O) groups is 2. The number of aromatic hydroxyl groups is 2. The van der Waals surface area contributed by atoms with Crippen molar-refractivity contribution >= 4 is 11.6 Å². The van der Waals surface area contributed by atoms with Crippen molar-refractivity contribution < 1.29 is 29.6 Å². The summed E-state index contributed by atoms with van der Waals surface area (Å²) >= 11 is 0. The van der Waals surface area contributed by atoms with Crippen LogP contribution >= 0.6 is 0 Å². The molecular formula is C20H20O6. The van der Waals surface area contributed by atoms with Gasteiger partial charge < -0.3 is 20.1 Å². The van der Waals surface area contributed by atoms with Crippen LogP contribution < -0.4 is 4.74 Å². The largest absolute Gasteiger partial charge is 0.507 e. The zero-order chi connectivity index (χ0) is 19.1. The van der Waals surface area contributed by atoms with E-state index in [1.54, 1.807) is 25.1 Å². The van der Waals surface area contributed by atoms with Gasteiger partial charge in [0.1, 0.15) is 23.9 Å². The lowest BCUT2D eigenvalue weighted by atomic mass is 10.0. The summed E-state index contributed by atoms with van der Waals surface area (Å²) in [4.78, 5) is 23.8. The number of hydrogen-bond donors (Lipinski definition) is 3. The Morgan fingerprint density at radius 1 is 1.08 bits per heavy atom. The van der Waals surface area contributed by atoms with E-state index in [-0.39, 0.29) is 47.2 Å². The first-order valence-electron chi connectivity index (χ1n) is 8.04. The Balaban J connectivity index is 2.04. The Kier molecular flexibility index (Phi) is 6.52. The summed E-state index contributed by atoms with van der Waals surface area (Å²) in [5.41, 5.74) is 0.0945. The molecule has 2 rings (SSSR count). The minimum absolute atomic E-state index is 0.0164. The van der Waals surface area contributed by atoms with Gasteiger partial charge in [-0.15, -0.1) is 0 Å². The van der Waals surface area contributed by atoms with E-state index in [1.807, 2.05) is 0 Å². The van der Waals surface area contributed by atoms with E-state index >= 15 is 0 Å². The molecule has 0 radical (unpaired) electrons. The van der Waals surface area contributed by atoms with Crippen LogP contribution in [0.2, 0.25) is 0 Å². The third-order valence-electron chi connectivity index (χ3n) is 3.59. The Morgan fingerprint density at radius 2 is 1.77 bits per heavy atom. The molecule has 0 aliphatic heterocycles. The van der Waals surface area contributed by atoms with Gasteiger partial charge in [-0.25, -0.2) is 0 Å². The molecule has 0 aromatic heterocycles. The predicted molar refractivity (Wildman–Crippen MR) is 95.6 cm³/mol. The van der Waals surface area contributed by atoms with Crippen molar-refractivity contribution in [1.82, 2.24) is 0 Å². The van der Waals surface area contributed by atoms with Crippen LogP contribution in [0.15, 0.2) is 54.6 Å². The van der Waals surface area contributed by atoms with Crippen molar-refractivity contribution in [1.29, 1.82) is 0 Å². The normalized spacial score (nSPS) is 12.1. The molecule has 0 saturated heterocycles. The lowest BCUT2D eigenvalue weighted by Gasteiger charge is -2.12. The quantitative estimate of drug-likeness (QED) is 0.496. The second kappa shape index (κ2) is 8.82. The van der Waals surface area contributed by atoms with Gasteiger partial charge in [0.05, 0.1) is 17.2 Å². The first-order chi connectivity index (χ1) is 12.4. The SMILES string of the molecule is CC=CC(=O)CC(O)COc1ccc(C(=O)c2ccccc2O)c(O)c1. The molecule has 1 unspecified atom stereocenters. The molecule has 0 fully saturated rings. The molecule has 2 aromatic rings. The summed E-state index contributed by atoms with van der Waals surface area (Å²) in [7, 11) is 0. The highest BCUT2D eigenvalue weighted by Gasteiger charge is 2.17. The molecule has 6 nitrogen and oxygen atoms in total. The minimum Gasteiger partial charge on any atom is -0.507 e. The summed E-state index contributed by atoms with van der Waals surface area (Å²) in [5, 5.41) is 29.6. The first-order valence-corrected chi connectivity index (χ1v) is 8.04. The first kappa shape index (κ1) is 19.2. The zero-order valence-corrected chi connectivity index (χ0v) is 14.3. The Bertz CT molecular complexity index is 825. The van der Waals surface area contributed by atoms with Crippen LogP contribution in [0.1, 0.15) is 29.3 Å². The van der Waals surface area contributed by atoms with Gasteiger partial charge in [0, 0.05) is 12.5 Å². The monoisotopic (exact) mass is 356 g/mol. The van der Waals surface area contributed by atoms with E-state index in [0.717, 1.165) is 0 Å². The average molecular weight is 356 g/mol. The van der Waals surface area contributed by atoms with Gasteiger partial charge in [0.15, 0.2) is 11.6 Å². The van der Waals surface area contributed by atoms with Crippen LogP contribution in [0, 0.1) is 0 Å². The second-order valence-electron chi connectivity index (χ2n) is 5.66. The number of phenolic OH excluding ortho intramolecular Hbond substituents is 2. The number of allylic oxidation sites excluding steroid dienone is 2. The van der Waals surface area contributed by atoms with Crippen molar-refractivity contribution in [3.8, 4) is 17.2 Å². The second-order valence-corrected chi connectivity index (χ2v) is 5.66. The summed E-state index contributed by atoms with van der Waals surface area (Å²) < 4.78 is 5.34. The predicted octanol–water partition coefficient (Wildman–Crippen LogP) is 2.60. The molecular weight excluding hydrogens is 336 g/mol. The van der Waals surface area contributed by atoms with E-state index in [1.165, 1.54) is 36.4 Å². The number of aliphatic hydroxyl groups excluding tert-OH is 1. The fraction of sp³-hybridized carbons (Fsp3) is 0.200. The molecule has 0 saturated carbocycles. The highest BCUT2D eigenvalue weighted by Crippen LogP contribution is 2.28. The number of ketones is 2. The van der Waals surface area contributed by atoms with Crippen LogP contribution in [0.5, 0.6) is 17.2 Å². The summed E-state index contributed by atoms with van der Waals surface area (Å²) in [6.07, 6.45) is 1.91. The van der Waals surface area contributed by atoms with E-state index in [4.69, 9.17) is 4.74 Å². The van der Waals surface area contributed by atoms with Gasteiger partial charge in [0.25, 0.3) is 0 Å². The number of carbonyl (C=O) groups excluding carboxylic acids is 2. The number of para-hydroxylation sites is 1. The number of ether oxygens (including phenoxy) is 1. The van der Waals surface area contributed by atoms with Gasteiger partial charge in [-0.1, -0.05) is 18.2 Å². The molecule has 0 bridgehead atoms. The van der Waals surface area contributed by atoms with Crippen molar-refractivity contribution in [2.75, 3.05) is 6.61 Å². The fourth-order valence-corrected chi connectivity index (χ4v) is 2.34. The third kappa shape index (κ3) is 4.94. The Labute approximate surface area is 151 Å². The number of hydrogen-bond acceptors (Lipinski definition) is 6. The summed E-state index contributed by atoms with van der Waals surface area (Å²) in [6.45, 7) is 1.58. The maximum absolute atomic E-state index is 12.4. The third-order valence-corrected chi connectivity index (χ3v) is 3.59. The Hall–Kier alpha value is -3.12. The molecule has 0 aliphatic rings. The van der Waals surface area contributed by atoms with E-state index < -0.39 is 11.9 Å². The topological polar surface area (TPSA) is 104 Å². The number of phenols is 2. The molecule has 26 heavy (non-hydrogen) atoms. The maximum atomic E-state index is 12.4. The van der Waals surface area contributed by atoms with Crippen LogP contribution in [0.25, 0.3) is 0 Å². The number of aliphatic hydroxyl groups is 1. The van der Waals surface area contributed by atoms with Crippen LogP contribution in [0.3, 0.4) is 0 Å². The molecule has 0 spiro atoms. The molecule has 3 N–H and O–H groups in total. The van der Waals surface area contributed by atoms with Gasteiger partial charge >= 0.3 is 0 Å². The van der Waals surface area contributed by atoms with E-state index in [0.29, 0.717) is 0 Å². The van der Waals surface area contributed by atoms with Crippen LogP contribution in [-0.4, -0.2) is 39.6 Å². The molecule has 0 heterocycles. The molecule has 136 valence electrons. The minimum atomic E-state index is -0.983. The standard InChI is InChI=1S/C20H20O6/c1-2-5-13(21)10-14(22)12-26-15-8-9-17(19(24)11-15)20(25)16-6-3-4-7-18(16)23/h2-9,11,14,22-24H,10,12H2,1H3. The Morgan fingerprint density at radius 3 is 2.42 bits per heavy atom. The number of rotatable bonds is 8.